The molecule has 2 rings (SSSR count). The lowest BCUT2D eigenvalue weighted by Gasteiger charge is -2.17. The van der Waals surface area contributed by atoms with Gasteiger partial charge in [-0.15, -0.1) is 0 Å². The molecule has 2 N–H and O–H groups in total. The third-order valence-corrected chi connectivity index (χ3v) is 3.29. The second-order valence-corrected chi connectivity index (χ2v) is 4.70. The maximum atomic E-state index is 5.85. The van der Waals surface area contributed by atoms with Crippen LogP contribution in [0.25, 0.3) is 0 Å². The van der Waals surface area contributed by atoms with Crippen molar-refractivity contribution in [1.82, 2.24) is 9.78 Å². The van der Waals surface area contributed by atoms with E-state index in [-0.39, 0.29) is 6.04 Å². The Morgan fingerprint density at radius 1 is 1.44 bits per heavy atom. The number of hydrogen-bond acceptors (Lipinski definition) is 2. The van der Waals surface area contributed by atoms with Gasteiger partial charge in [-0.2, -0.15) is 5.10 Å². The van der Waals surface area contributed by atoms with E-state index in [1.165, 1.54) is 0 Å². The van der Waals surface area contributed by atoms with Crippen molar-refractivity contribution < 1.29 is 0 Å². The molecule has 1 aromatic heterocycles. The summed E-state index contributed by atoms with van der Waals surface area (Å²) in [6, 6.07) is 7.97. The summed E-state index contributed by atoms with van der Waals surface area (Å²) >= 11 is 9.36. The molecule has 0 radical (unpaired) electrons. The first-order valence-corrected chi connectivity index (χ1v) is 6.03. The fourth-order valence-corrected chi connectivity index (χ4v) is 2.30. The maximum Gasteiger partial charge on any atom is 0.0902 e. The van der Waals surface area contributed by atoms with E-state index in [4.69, 9.17) is 17.3 Å². The van der Waals surface area contributed by atoms with Crippen molar-refractivity contribution in [3.05, 3.63) is 51.7 Å². The first kappa shape index (κ1) is 11.6. The predicted molar refractivity (Wildman–Crippen MR) is 68.6 cm³/mol. The predicted octanol–water partition coefficient (Wildman–Crippen LogP) is 2.85. The molecule has 0 aliphatic carbocycles. The van der Waals surface area contributed by atoms with E-state index in [1.54, 1.807) is 17.1 Å². The molecule has 0 fully saturated rings. The minimum Gasteiger partial charge on any atom is -0.328 e. The summed E-state index contributed by atoms with van der Waals surface area (Å²) in [6.07, 6.45) is 3.39. The molecule has 16 heavy (non-hydrogen) atoms. The highest BCUT2D eigenvalue weighted by Gasteiger charge is 2.15. The lowest BCUT2D eigenvalue weighted by Crippen LogP contribution is -2.21. The van der Waals surface area contributed by atoms with Gasteiger partial charge in [0.1, 0.15) is 0 Å². The number of nitrogens with zero attached hydrogens (tertiary/aromatic N) is 2. The van der Waals surface area contributed by atoms with Gasteiger partial charge in [-0.1, -0.05) is 45.7 Å². The zero-order valence-corrected chi connectivity index (χ0v) is 10.8. The molecule has 3 nitrogen and oxygen atoms in total. The molecule has 0 aliphatic heterocycles. The molecular weight excluding hydrogens is 289 g/mol. The Balaban J connectivity index is 2.40. The topological polar surface area (TPSA) is 43.8 Å². The van der Waals surface area contributed by atoms with E-state index in [1.807, 2.05) is 24.3 Å². The lowest BCUT2D eigenvalue weighted by atomic mass is 10.1. The van der Waals surface area contributed by atoms with Crippen molar-refractivity contribution in [2.45, 2.75) is 6.04 Å². The first-order chi connectivity index (χ1) is 7.72. The molecule has 0 bridgehead atoms. The smallest absolute Gasteiger partial charge is 0.0902 e. The highest BCUT2D eigenvalue weighted by atomic mass is 79.9. The quantitative estimate of drug-likeness (QED) is 0.947. The summed E-state index contributed by atoms with van der Waals surface area (Å²) in [5.41, 5.74) is 6.89. The summed E-state index contributed by atoms with van der Waals surface area (Å²) in [5.74, 6) is 0. The van der Waals surface area contributed by atoms with Gasteiger partial charge in [-0.05, 0) is 11.6 Å². The Kier molecular flexibility index (Phi) is 3.63. The monoisotopic (exact) mass is 299 g/mol. The van der Waals surface area contributed by atoms with E-state index in [2.05, 4.69) is 21.0 Å². The van der Waals surface area contributed by atoms with Crippen LogP contribution < -0.4 is 5.73 Å². The average Bonchev–Trinajstić information content (AvgIpc) is 2.69. The highest BCUT2D eigenvalue weighted by Crippen LogP contribution is 2.25. The molecule has 1 aromatic carbocycles. The van der Waals surface area contributed by atoms with E-state index >= 15 is 0 Å². The Bertz CT molecular complexity index is 484. The molecule has 1 atom stereocenters. The fraction of sp³-hybridized carbons (Fsp3) is 0.182. The van der Waals surface area contributed by atoms with Gasteiger partial charge in [-0.3, -0.25) is 4.68 Å². The highest BCUT2D eigenvalue weighted by molar-refractivity contribution is 9.10. The van der Waals surface area contributed by atoms with Crippen molar-refractivity contribution >= 4 is 27.5 Å². The lowest BCUT2D eigenvalue weighted by molar-refractivity contribution is 0.530. The van der Waals surface area contributed by atoms with Crippen molar-refractivity contribution in [2.24, 2.45) is 5.73 Å². The minimum absolute atomic E-state index is 0.00285. The van der Waals surface area contributed by atoms with Crippen molar-refractivity contribution in [1.29, 1.82) is 0 Å². The Hall–Kier alpha value is -0.840. The molecule has 84 valence electrons. The van der Waals surface area contributed by atoms with Gasteiger partial charge in [0.15, 0.2) is 0 Å². The van der Waals surface area contributed by atoms with E-state index in [0.717, 1.165) is 10.0 Å². The molecule has 0 spiro atoms. The fourth-order valence-electron chi connectivity index (χ4n) is 1.61. The molecule has 2 aromatic rings. The van der Waals surface area contributed by atoms with E-state index in [9.17, 15) is 0 Å². The Morgan fingerprint density at radius 3 is 2.75 bits per heavy atom. The first-order valence-electron chi connectivity index (χ1n) is 4.86. The number of rotatable bonds is 3. The van der Waals surface area contributed by atoms with Gasteiger partial charge in [0.2, 0.25) is 0 Å². The zero-order chi connectivity index (χ0) is 11.5. The van der Waals surface area contributed by atoms with Gasteiger partial charge in [0.25, 0.3) is 0 Å². The number of benzene rings is 1. The summed E-state index contributed by atoms with van der Waals surface area (Å²) in [6.45, 7) is 0.473. The number of halogens is 2. The summed E-state index contributed by atoms with van der Waals surface area (Å²) in [4.78, 5) is 0. The molecule has 0 saturated carbocycles. The van der Waals surface area contributed by atoms with Gasteiger partial charge >= 0.3 is 0 Å². The molecular formula is C11H11BrClN3. The average molecular weight is 301 g/mol. The number of nitrogens with two attached hydrogens (primary N) is 1. The maximum absolute atomic E-state index is 5.85. The third kappa shape index (κ3) is 2.29. The molecule has 1 unspecified atom stereocenters. The van der Waals surface area contributed by atoms with Gasteiger partial charge in [-0.25, -0.2) is 0 Å². The van der Waals surface area contributed by atoms with Crippen LogP contribution in [0.3, 0.4) is 0 Å². The summed E-state index contributed by atoms with van der Waals surface area (Å²) < 4.78 is 2.81. The minimum atomic E-state index is 0.00285. The van der Waals surface area contributed by atoms with Crippen LogP contribution in [-0.2, 0) is 0 Å². The molecule has 1 heterocycles. The number of hydrogen-bond donors (Lipinski definition) is 1. The number of aromatic nitrogens is 2. The molecule has 0 amide bonds. The second-order valence-electron chi connectivity index (χ2n) is 3.41. The van der Waals surface area contributed by atoms with Gasteiger partial charge in [0, 0.05) is 17.2 Å². The summed E-state index contributed by atoms with van der Waals surface area (Å²) in [5, 5.41) is 4.80. The molecule has 0 aliphatic rings. The standard InChI is InChI=1S/C11H11BrClN3/c12-10-4-2-1-3-9(10)11(5-14)16-7-8(13)6-15-16/h1-4,6-7,11H,5,14H2. The van der Waals surface area contributed by atoms with Crippen LogP contribution in [0.2, 0.25) is 5.02 Å². The summed E-state index contributed by atoms with van der Waals surface area (Å²) in [7, 11) is 0. The van der Waals surface area contributed by atoms with Gasteiger partial charge < -0.3 is 5.73 Å². The van der Waals surface area contributed by atoms with Crippen molar-refractivity contribution in [3.63, 3.8) is 0 Å². The molecule has 5 heteroatoms. The van der Waals surface area contributed by atoms with Crippen molar-refractivity contribution in [3.8, 4) is 0 Å². The third-order valence-electron chi connectivity index (χ3n) is 2.38. The zero-order valence-electron chi connectivity index (χ0n) is 8.48. The molecule has 0 saturated heterocycles. The van der Waals surface area contributed by atoms with Crippen LogP contribution in [0, 0.1) is 0 Å². The van der Waals surface area contributed by atoms with Crippen LogP contribution in [0.5, 0.6) is 0 Å². The van der Waals surface area contributed by atoms with Crippen LogP contribution in [0.4, 0.5) is 0 Å². The van der Waals surface area contributed by atoms with Crippen LogP contribution in [0.1, 0.15) is 11.6 Å². The van der Waals surface area contributed by atoms with Gasteiger partial charge in [0.05, 0.1) is 17.3 Å². The van der Waals surface area contributed by atoms with E-state index < -0.39 is 0 Å². The van der Waals surface area contributed by atoms with Crippen LogP contribution in [-0.4, -0.2) is 16.3 Å². The van der Waals surface area contributed by atoms with Crippen LogP contribution in [0.15, 0.2) is 41.1 Å². The normalized spacial score (nSPS) is 12.7. The second kappa shape index (κ2) is 4.99. The largest absolute Gasteiger partial charge is 0.328 e. The van der Waals surface area contributed by atoms with Crippen molar-refractivity contribution in [2.75, 3.05) is 6.54 Å². The Morgan fingerprint density at radius 2 is 2.19 bits per heavy atom. The Labute approximate surface area is 107 Å². The SMILES string of the molecule is NCC(c1ccccc1Br)n1cc(Cl)cn1. The van der Waals surface area contributed by atoms with Crippen LogP contribution >= 0.6 is 27.5 Å². The van der Waals surface area contributed by atoms with E-state index in [0.29, 0.717) is 11.6 Å².